The van der Waals surface area contributed by atoms with Crippen LogP contribution >= 0.6 is 0 Å². The Morgan fingerprint density at radius 1 is 1.06 bits per heavy atom. The molecular formula is C13H22N2O. The number of hydrogen-bond donors (Lipinski definition) is 1. The Hall–Kier alpha value is -1.25. The largest absolute Gasteiger partial charge is 0.337 e. The van der Waals surface area contributed by atoms with Gasteiger partial charge in [0.05, 0.1) is 0 Å². The van der Waals surface area contributed by atoms with Gasteiger partial charge in [-0.15, -0.1) is 0 Å². The first kappa shape index (κ1) is 12.8. The average Bonchev–Trinajstić information content (AvgIpc) is 2.81. The summed E-state index contributed by atoms with van der Waals surface area (Å²) in [5.41, 5.74) is 0. The van der Waals surface area contributed by atoms with Crippen molar-refractivity contribution in [3.63, 3.8) is 0 Å². The number of nitrogens with one attached hydrogen (secondary N) is 1. The SMILES string of the molecule is CCCCCCCCNC(=O)n1cccc1. The lowest BCUT2D eigenvalue weighted by Gasteiger charge is -2.05. The lowest BCUT2D eigenvalue weighted by molar-refractivity contribution is 0.242. The molecule has 90 valence electrons. The lowest BCUT2D eigenvalue weighted by atomic mass is 10.1. The maximum absolute atomic E-state index is 11.5. The van der Waals surface area contributed by atoms with Crippen molar-refractivity contribution in [1.82, 2.24) is 9.88 Å². The number of aromatic nitrogens is 1. The summed E-state index contributed by atoms with van der Waals surface area (Å²) >= 11 is 0. The summed E-state index contributed by atoms with van der Waals surface area (Å²) in [5, 5.41) is 2.90. The summed E-state index contributed by atoms with van der Waals surface area (Å²) in [6.45, 7) is 3.00. The molecule has 0 saturated heterocycles. The number of unbranched alkanes of at least 4 members (excludes halogenated alkanes) is 5. The summed E-state index contributed by atoms with van der Waals surface area (Å²) in [7, 11) is 0. The molecule has 0 fully saturated rings. The average molecular weight is 222 g/mol. The van der Waals surface area contributed by atoms with Gasteiger partial charge in [-0.1, -0.05) is 39.0 Å². The predicted molar refractivity (Wildman–Crippen MR) is 66.6 cm³/mol. The first-order valence-corrected chi connectivity index (χ1v) is 6.25. The highest BCUT2D eigenvalue weighted by atomic mass is 16.2. The molecule has 0 atom stereocenters. The molecule has 1 heterocycles. The van der Waals surface area contributed by atoms with Crippen molar-refractivity contribution < 1.29 is 4.79 Å². The third-order valence-corrected chi connectivity index (χ3v) is 2.65. The second-order valence-electron chi connectivity index (χ2n) is 4.09. The fraction of sp³-hybridized carbons (Fsp3) is 0.615. The number of nitrogens with zero attached hydrogens (tertiary/aromatic N) is 1. The van der Waals surface area contributed by atoms with Gasteiger partial charge in [0.2, 0.25) is 0 Å². The van der Waals surface area contributed by atoms with Crippen molar-refractivity contribution in [2.75, 3.05) is 6.54 Å². The van der Waals surface area contributed by atoms with E-state index in [1.54, 1.807) is 17.0 Å². The van der Waals surface area contributed by atoms with E-state index >= 15 is 0 Å². The third kappa shape index (κ3) is 5.01. The van der Waals surface area contributed by atoms with Crippen molar-refractivity contribution in [3.05, 3.63) is 24.5 Å². The molecule has 0 spiro atoms. The molecule has 16 heavy (non-hydrogen) atoms. The van der Waals surface area contributed by atoms with Gasteiger partial charge >= 0.3 is 6.03 Å². The van der Waals surface area contributed by atoms with E-state index in [2.05, 4.69) is 12.2 Å². The maximum Gasteiger partial charge on any atom is 0.325 e. The zero-order valence-electron chi connectivity index (χ0n) is 10.1. The van der Waals surface area contributed by atoms with Crippen molar-refractivity contribution in [2.45, 2.75) is 45.4 Å². The van der Waals surface area contributed by atoms with Crippen LogP contribution in [0.5, 0.6) is 0 Å². The lowest BCUT2D eigenvalue weighted by Crippen LogP contribution is -2.28. The number of rotatable bonds is 7. The third-order valence-electron chi connectivity index (χ3n) is 2.65. The Morgan fingerprint density at radius 2 is 1.69 bits per heavy atom. The second-order valence-corrected chi connectivity index (χ2v) is 4.09. The van der Waals surface area contributed by atoms with Crippen LogP contribution in [0.15, 0.2) is 24.5 Å². The zero-order valence-corrected chi connectivity index (χ0v) is 10.1. The molecule has 0 aliphatic carbocycles. The Labute approximate surface area is 97.8 Å². The van der Waals surface area contributed by atoms with Crippen LogP contribution in [0.1, 0.15) is 45.4 Å². The molecule has 0 aromatic carbocycles. The van der Waals surface area contributed by atoms with E-state index in [1.165, 1.54) is 32.1 Å². The molecule has 3 nitrogen and oxygen atoms in total. The summed E-state index contributed by atoms with van der Waals surface area (Å²) in [6.07, 6.45) is 11.0. The van der Waals surface area contributed by atoms with E-state index in [-0.39, 0.29) is 6.03 Å². The summed E-state index contributed by atoms with van der Waals surface area (Å²) in [6, 6.07) is 3.67. The molecule has 0 saturated carbocycles. The first-order chi connectivity index (χ1) is 7.84. The number of carbonyl (C=O) groups excluding carboxylic acids is 1. The molecule has 0 bridgehead atoms. The first-order valence-electron chi connectivity index (χ1n) is 6.25. The molecule has 0 radical (unpaired) electrons. The van der Waals surface area contributed by atoms with Crippen molar-refractivity contribution >= 4 is 6.03 Å². The fourth-order valence-corrected chi connectivity index (χ4v) is 1.66. The van der Waals surface area contributed by atoms with E-state index in [0.717, 1.165) is 13.0 Å². The second kappa shape index (κ2) is 7.97. The van der Waals surface area contributed by atoms with Crippen LogP contribution in [0.4, 0.5) is 4.79 Å². The van der Waals surface area contributed by atoms with Crippen LogP contribution in [0.2, 0.25) is 0 Å². The van der Waals surface area contributed by atoms with Crippen LogP contribution in [-0.4, -0.2) is 17.1 Å². The Morgan fingerprint density at radius 3 is 2.38 bits per heavy atom. The van der Waals surface area contributed by atoms with Gasteiger partial charge in [-0.2, -0.15) is 0 Å². The van der Waals surface area contributed by atoms with Crippen LogP contribution < -0.4 is 5.32 Å². The Balaban J connectivity index is 1.97. The zero-order chi connectivity index (χ0) is 11.6. The van der Waals surface area contributed by atoms with Gasteiger partial charge < -0.3 is 5.32 Å². The van der Waals surface area contributed by atoms with Crippen molar-refractivity contribution in [2.24, 2.45) is 0 Å². The van der Waals surface area contributed by atoms with E-state index in [4.69, 9.17) is 0 Å². The minimum Gasteiger partial charge on any atom is -0.337 e. The topological polar surface area (TPSA) is 34.0 Å². The Bertz CT molecular complexity index is 280. The molecule has 1 aromatic heterocycles. The highest BCUT2D eigenvalue weighted by Crippen LogP contribution is 2.04. The van der Waals surface area contributed by atoms with Crippen LogP contribution in [0.25, 0.3) is 0 Å². The quantitative estimate of drug-likeness (QED) is 0.705. The van der Waals surface area contributed by atoms with Gasteiger partial charge in [-0.3, -0.25) is 4.57 Å². The normalized spacial score (nSPS) is 10.3. The molecule has 0 unspecified atom stereocenters. The van der Waals surface area contributed by atoms with Crippen molar-refractivity contribution in [3.8, 4) is 0 Å². The van der Waals surface area contributed by atoms with Crippen molar-refractivity contribution in [1.29, 1.82) is 0 Å². The van der Waals surface area contributed by atoms with E-state index < -0.39 is 0 Å². The van der Waals surface area contributed by atoms with E-state index in [0.29, 0.717) is 0 Å². The highest BCUT2D eigenvalue weighted by molar-refractivity contribution is 5.76. The van der Waals surface area contributed by atoms with E-state index in [1.807, 2.05) is 12.1 Å². The standard InChI is InChI=1S/C13H22N2O/c1-2-3-4-5-6-7-10-14-13(16)15-11-8-9-12-15/h8-9,11-12H,2-7,10H2,1H3,(H,14,16). The number of amides is 1. The molecular weight excluding hydrogens is 200 g/mol. The van der Waals surface area contributed by atoms with Gasteiger partial charge in [0.1, 0.15) is 0 Å². The van der Waals surface area contributed by atoms with E-state index in [9.17, 15) is 4.79 Å². The number of carbonyl (C=O) groups is 1. The number of hydrogen-bond acceptors (Lipinski definition) is 1. The summed E-state index contributed by atoms with van der Waals surface area (Å²) < 4.78 is 1.57. The van der Waals surface area contributed by atoms with Gasteiger partial charge in [0, 0.05) is 18.9 Å². The van der Waals surface area contributed by atoms with Gasteiger partial charge in [-0.25, -0.2) is 4.79 Å². The summed E-state index contributed by atoms with van der Waals surface area (Å²) in [5.74, 6) is 0. The minimum atomic E-state index is -0.0291. The molecule has 1 N–H and O–H groups in total. The van der Waals surface area contributed by atoms with Crippen LogP contribution in [-0.2, 0) is 0 Å². The monoisotopic (exact) mass is 222 g/mol. The van der Waals surface area contributed by atoms with Gasteiger partial charge in [-0.05, 0) is 18.6 Å². The molecule has 1 rings (SSSR count). The molecule has 1 amide bonds. The van der Waals surface area contributed by atoms with Gasteiger partial charge in [0.25, 0.3) is 0 Å². The smallest absolute Gasteiger partial charge is 0.325 e. The molecule has 3 heteroatoms. The predicted octanol–water partition coefficient (Wildman–Crippen LogP) is 3.41. The van der Waals surface area contributed by atoms with Gasteiger partial charge in [0.15, 0.2) is 0 Å². The molecule has 0 aliphatic rings. The summed E-state index contributed by atoms with van der Waals surface area (Å²) in [4.78, 5) is 11.5. The fourth-order valence-electron chi connectivity index (χ4n) is 1.66. The maximum atomic E-state index is 11.5. The molecule has 0 aliphatic heterocycles. The highest BCUT2D eigenvalue weighted by Gasteiger charge is 2.00. The Kier molecular flexibility index (Phi) is 6.38. The van der Waals surface area contributed by atoms with Crippen LogP contribution in [0.3, 0.4) is 0 Å². The molecule has 1 aromatic rings. The van der Waals surface area contributed by atoms with Crippen LogP contribution in [0, 0.1) is 0 Å². The minimum absolute atomic E-state index is 0.0291.